The predicted octanol–water partition coefficient (Wildman–Crippen LogP) is 9.90. The third kappa shape index (κ3) is 5.26. The second-order valence-electron chi connectivity index (χ2n) is 12.6. The predicted molar refractivity (Wildman–Crippen MR) is 210 cm³/mol. The Labute approximate surface area is 304 Å². The number of hydrogen-bond acceptors (Lipinski definition) is 7. The van der Waals surface area contributed by atoms with Crippen molar-refractivity contribution >= 4 is 49.8 Å². The molecule has 9 nitrogen and oxygen atoms in total. The topological polar surface area (TPSA) is 90.4 Å². The minimum Gasteiger partial charge on any atom is -0.316 e. The van der Waals surface area contributed by atoms with Gasteiger partial charge in [-0.15, -0.1) is 0 Å². The van der Waals surface area contributed by atoms with E-state index >= 15 is 0 Å². The van der Waals surface area contributed by atoms with Gasteiger partial charge in [-0.3, -0.25) is 0 Å². The van der Waals surface area contributed by atoms with Crippen molar-refractivity contribution in [3.05, 3.63) is 177 Å². The summed E-state index contributed by atoms with van der Waals surface area (Å²) < 4.78 is 4.65. The van der Waals surface area contributed by atoms with E-state index in [1.54, 1.807) is 0 Å². The van der Waals surface area contributed by atoms with Crippen molar-refractivity contribution in [3.8, 4) is 34.2 Å². The van der Waals surface area contributed by atoms with E-state index in [0.29, 0.717) is 11.6 Å². The molecule has 9 heteroatoms. The van der Waals surface area contributed by atoms with Gasteiger partial charge in [0, 0.05) is 61.9 Å². The molecule has 53 heavy (non-hydrogen) atoms. The zero-order valence-corrected chi connectivity index (χ0v) is 28.3. The molecule has 0 spiro atoms. The largest absolute Gasteiger partial charge is 0.316 e. The molecule has 0 saturated carbocycles. The molecule has 0 unspecified atom stereocenters. The fraction of sp³-hybridized carbons (Fsp3) is 0. The highest BCUT2D eigenvalue weighted by Gasteiger charge is 2.20. The Morgan fingerprint density at radius 2 is 0.943 bits per heavy atom. The van der Waals surface area contributed by atoms with E-state index in [4.69, 9.17) is 0 Å². The van der Waals surface area contributed by atoms with Gasteiger partial charge in [0.1, 0.15) is 25.3 Å². The minimum absolute atomic E-state index is 0.627. The molecule has 0 fully saturated rings. The standard InChI is InChI=1S/C44H29N9/c1-3-7-32(8-4-1)51-24-23-38-40(51)22-20-37-39-25-36(19-21-41(39)53(42(37)38)33-9-5-2-6-10-33)52(34-15-11-30(12-16-34)43-47-26-45-27-48-43)35-17-13-31(14-18-35)44-49-28-46-29-50-44/h1-29H. The molecule has 0 saturated heterocycles. The fourth-order valence-electron chi connectivity index (χ4n) is 7.26. The number of fused-ring (bicyclic) bond motifs is 5. The van der Waals surface area contributed by atoms with Crippen LogP contribution < -0.4 is 4.90 Å². The number of rotatable bonds is 7. The maximum absolute atomic E-state index is 4.35. The lowest BCUT2D eigenvalue weighted by Crippen LogP contribution is -2.10. The highest BCUT2D eigenvalue weighted by Crippen LogP contribution is 2.42. The molecule has 0 bridgehead atoms. The molecule has 10 aromatic rings. The van der Waals surface area contributed by atoms with E-state index in [1.165, 1.54) is 41.6 Å². The zero-order chi connectivity index (χ0) is 35.1. The van der Waals surface area contributed by atoms with Gasteiger partial charge in [0.15, 0.2) is 11.6 Å². The van der Waals surface area contributed by atoms with E-state index in [0.717, 1.165) is 56.0 Å². The molecule has 0 amide bonds. The number of hydrogen-bond donors (Lipinski definition) is 0. The van der Waals surface area contributed by atoms with Crippen molar-refractivity contribution < 1.29 is 0 Å². The summed E-state index contributed by atoms with van der Waals surface area (Å²) in [5, 5.41) is 3.52. The smallest absolute Gasteiger partial charge is 0.162 e. The van der Waals surface area contributed by atoms with Gasteiger partial charge in [-0.25, -0.2) is 29.9 Å². The van der Waals surface area contributed by atoms with Crippen LogP contribution in [0, 0.1) is 0 Å². The number of benzene rings is 6. The van der Waals surface area contributed by atoms with E-state index in [9.17, 15) is 0 Å². The molecule has 4 heterocycles. The maximum Gasteiger partial charge on any atom is 0.162 e. The molecule has 0 atom stereocenters. The summed E-state index contributed by atoms with van der Waals surface area (Å²) in [5.41, 5.74) is 10.5. The van der Waals surface area contributed by atoms with Crippen LogP contribution in [0.3, 0.4) is 0 Å². The highest BCUT2D eigenvalue weighted by molar-refractivity contribution is 6.19. The first-order valence-corrected chi connectivity index (χ1v) is 17.2. The first-order valence-electron chi connectivity index (χ1n) is 17.2. The Morgan fingerprint density at radius 1 is 0.415 bits per heavy atom. The van der Waals surface area contributed by atoms with Gasteiger partial charge in [0.25, 0.3) is 0 Å². The molecule has 6 aromatic carbocycles. The van der Waals surface area contributed by atoms with Crippen LogP contribution in [-0.4, -0.2) is 39.0 Å². The van der Waals surface area contributed by atoms with Gasteiger partial charge in [-0.2, -0.15) is 0 Å². The second kappa shape index (κ2) is 12.7. The summed E-state index contributed by atoms with van der Waals surface area (Å²) in [6, 6.07) is 51.2. The Morgan fingerprint density at radius 3 is 1.53 bits per heavy atom. The molecule has 0 N–H and O–H groups in total. The van der Waals surface area contributed by atoms with Crippen molar-refractivity contribution in [2.24, 2.45) is 0 Å². The first-order chi connectivity index (χ1) is 26.3. The molecular formula is C44H29N9. The van der Waals surface area contributed by atoms with E-state index in [1.807, 2.05) is 24.3 Å². The molecule has 4 aromatic heterocycles. The number of para-hydroxylation sites is 2. The highest BCUT2D eigenvalue weighted by atomic mass is 15.1. The van der Waals surface area contributed by atoms with Gasteiger partial charge < -0.3 is 14.0 Å². The van der Waals surface area contributed by atoms with Crippen molar-refractivity contribution in [1.82, 2.24) is 39.0 Å². The van der Waals surface area contributed by atoms with Crippen LogP contribution in [0.2, 0.25) is 0 Å². The van der Waals surface area contributed by atoms with Gasteiger partial charge >= 0.3 is 0 Å². The lowest BCUT2D eigenvalue weighted by atomic mass is 10.1. The molecular weight excluding hydrogens is 655 g/mol. The summed E-state index contributed by atoms with van der Waals surface area (Å²) in [6.07, 6.45) is 8.23. The summed E-state index contributed by atoms with van der Waals surface area (Å²) in [4.78, 5) is 27.6. The third-order valence-corrected chi connectivity index (χ3v) is 9.64. The van der Waals surface area contributed by atoms with Crippen LogP contribution in [0.25, 0.3) is 66.9 Å². The van der Waals surface area contributed by atoms with Crippen molar-refractivity contribution in [1.29, 1.82) is 0 Å². The molecule has 0 aliphatic rings. The van der Waals surface area contributed by atoms with E-state index in [2.05, 4.69) is 171 Å². The lowest BCUT2D eigenvalue weighted by molar-refractivity contribution is 1.06. The molecule has 0 radical (unpaired) electrons. The Hall–Kier alpha value is -7.52. The van der Waals surface area contributed by atoms with Crippen LogP contribution in [-0.2, 0) is 0 Å². The summed E-state index contributed by atoms with van der Waals surface area (Å²) >= 11 is 0. The van der Waals surface area contributed by atoms with Gasteiger partial charge in [-0.1, -0.05) is 42.5 Å². The van der Waals surface area contributed by atoms with Gasteiger partial charge in [-0.05, 0) is 103 Å². The molecule has 0 aliphatic heterocycles. The summed E-state index contributed by atoms with van der Waals surface area (Å²) in [5.74, 6) is 1.25. The maximum atomic E-state index is 4.35. The number of aromatic nitrogens is 8. The molecule has 10 rings (SSSR count). The Bertz CT molecular complexity index is 2770. The van der Waals surface area contributed by atoms with Crippen LogP contribution in [0.5, 0.6) is 0 Å². The van der Waals surface area contributed by atoms with Crippen LogP contribution in [0.15, 0.2) is 177 Å². The lowest BCUT2D eigenvalue weighted by Gasteiger charge is -2.26. The monoisotopic (exact) mass is 683 g/mol. The third-order valence-electron chi connectivity index (χ3n) is 9.64. The Kier molecular flexibility index (Phi) is 7.25. The van der Waals surface area contributed by atoms with Crippen molar-refractivity contribution in [2.45, 2.75) is 0 Å². The molecule has 250 valence electrons. The fourth-order valence-corrected chi connectivity index (χ4v) is 7.26. The quantitative estimate of drug-likeness (QED) is 0.165. The average Bonchev–Trinajstić information content (AvgIpc) is 3.82. The van der Waals surface area contributed by atoms with Crippen LogP contribution >= 0.6 is 0 Å². The van der Waals surface area contributed by atoms with Gasteiger partial charge in [0.05, 0.1) is 16.6 Å². The van der Waals surface area contributed by atoms with E-state index < -0.39 is 0 Å². The molecule has 0 aliphatic carbocycles. The second-order valence-corrected chi connectivity index (χ2v) is 12.6. The first kappa shape index (κ1) is 30.3. The van der Waals surface area contributed by atoms with Crippen molar-refractivity contribution in [3.63, 3.8) is 0 Å². The number of nitrogens with zero attached hydrogens (tertiary/aromatic N) is 9. The minimum atomic E-state index is 0.627. The summed E-state index contributed by atoms with van der Waals surface area (Å²) in [6.45, 7) is 0. The van der Waals surface area contributed by atoms with Crippen LogP contribution in [0.1, 0.15) is 0 Å². The van der Waals surface area contributed by atoms with E-state index in [-0.39, 0.29) is 0 Å². The zero-order valence-electron chi connectivity index (χ0n) is 28.3. The SMILES string of the molecule is c1ccc(-n2ccc3c2ccc2c4cc(N(c5ccc(-c6ncncn6)cc5)c5ccc(-c6ncncn6)cc5)ccc4n(-c4ccccc4)c23)cc1. The Balaban J connectivity index is 1.17. The summed E-state index contributed by atoms with van der Waals surface area (Å²) in [7, 11) is 0. The normalized spacial score (nSPS) is 11.4. The van der Waals surface area contributed by atoms with Crippen LogP contribution in [0.4, 0.5) is 17.1 Å². The van der Waals surface area contributed by atoms with Gasteiger partial charge in [0.2, 0.25) is 0 Å². The average molecular weight is 684 g/mol. The van der Waals surface area contributed by atoms with Crippen molar-refractivity contribution in [2.75, 3.05) is 4.90 Å². The number of anilines is 3.